The molecule has 4 fully saturated rings. The van der Waals surface area contributed by atoms with Crippen LogP contribution in [0, 0.1) is 11.8 Å². The van der Waals surface area contributed by atoms with Crippen LogP contribution < -0.4 is 5.73 Å². The summed E-state index contributed by atoms with van der Waals surface area (Å²) in [7, 11) is 0. The van der Waals surface area contributed by atoms with E-state index in [4.69, 9.17) is 10.5 Å². The lowest BCUT2D eigenvalue weighted by Gasteiger charge is -2.21. The lowest BCUT2D eigenvalue weighted by Crippen LogP contribution is -2.44. The number of benzene rings is 1. The Kier molecular flexibility index (Phi) is 4.93. The number of nitrogens with zero attached hydrogens (tertiary/aromatic N) is 2. The van der Waals surface area contributed by atoms with Crippen molar-refractivity contribution in [1.82, 2.24) is 9.80 Å². The molecule has 5 rings (SSSR count). The van der Waals surface area contributed by atoms with Crippen LogP contribution in [-0.2, 0) is 19.1 Å². The number of ether oxygens (including phenoxy) is 1. The molecule has 6 atom stereocenters. The molecule has 0 spiro atoms. The van der Waals surface area contributed by atoms with Crippen molar-refractivity contribution in [2.75, 3.05) is 19.6 Å². The second kappa shape index (κ2) is 7.13. The summed E-state index contributed by atoms with van der Waals surface area (Å²) in [6.07, 6.45) is 1.34. The van der Waals surface area contributed by atoms with Gasteiger partial charge in [0.15, 0.2) is 0 Å². The maximum Gasteiger partial charge on any atom is 0.242 e. The van der Waals surface area contributed by atoms with Crippen molar-refractivity contribution >= 4 is 30.1 Å². The molecule has 4 unspecified atom stereocenters. The molecule has 0 aliphatic carbocycles. The van der Waals surface area contributed by atoms with Crippen molar-refractivity contribution < 1.29 is 19.1 Å². The van der Waals surface area contributed by atoms with Crippen LogP contribution in [0.25, 0.3) is 0 Å². The number of carbonyl (C=O) groups is 3. The van der Waals surface area contributed by atoms with E-state index in [0.29, 0.717) is 13.1 Å². The van der Waals surface area contributed by atoms with Crippen LogP contribution >= 0.6 is 12.4 Å². The number of hydrogen-bond donors (Lipinski definition) is 1. The third-order valence-corrected chi connectivity index (χ3v) is 6.61. The van der Waals surface area contributed by atoms with Gasteiger partial charge in [-0.05, 0) is 18.4 Å². The van der Waals surface area contributed by atoms with Crippen molar-refractivity contribution in [3.05, 3.63) is 35.9 Å². The monoisotopic (exact) mass is 405 g/mol. The fourth-order valence-corrected chi connectivity index (χ4v) is 5.25. The Morgan fingerprint density at radius 1 is 1.04 bits per heavy atom. The first-order chi connectivity index (χ1) is 13.0. The van der Waals surface area contributed by atoms with Crippen LogP contribution in [0.4, 0.5) is 0 Å². The van der Waals surface area contributed by atoms with Gasteiger partial charge in [-0.15, -0.1) is 12.4 Å². The summed E-state index contributed by atoms with van der Waals surface area (Å²) >= 11 is 0. The van der Waals surface area contributed by atoms with E-state index in [9.17, 15) is 14.4 Å². The zero-order chi connectivity index (χ0) is 18.7. The van der Waals surface area contributed by atoms with Gasteiger partial charge in [-0.3, -0.25) is 19.3 Å². The summed E-state index contributed by atoms with van der Waals surface area (Å²) in [6.45, 7) is 0.773. The molecule has 2 bridgehead atoms. The first kappa shape index (κ1) is 19.4. The largest absolute Gasteiger partial charge is 0.373 e. The van der Waals surface area contributed by atoms with Crippen molar-refractivity contribution in [3.63, 3.8) is 0 Å². The van der Waals surface area contributed by atoms with Crippen LogP contribution in [0.15, 0.2) is 30.3 Å². The highest BCUT2D eigenvalue weighted by Gasteiger charge is 2.62. The molecule has 3 amide bonds. The van der Waals surface area contributed by atoms with E-state index in [0.717, 1.165) is 23.3 Å². The van der Waals surface area contributed by atoms with Gasteiger partial charge in [0, 0.05) is 25.0 Å². The minimum Gasteiger partial charge on any atom is -0.373 e. The highest BCUT2D eigenvalue weighted by atomic mass is 35.5. The summed E-state index contributed by atoms with van der Waals surface area (Å²) in [5.74, 6) is -1.39. The van der Waals surface area contributed by atoms with Crippen molar-refractivity contribution in [2.24, 2.45) is 17.6 Å². The quantitative estimate of drug-likeness (QED) is 0.740. The molecule has 28 heavy (non-hydrogen) atoms. The van der Waals surface area contributed by atoms with Gasteiger partial charge in [0.05, 0.1) is 24.0 Å². The lowest BCUT2D eigenvalue weighted by molar-refractivity contribution is -0.148. The number of carbonyl (C=O) groups excluding carboxylic acids is 3. The Balaban J connectivity index is 0.00000192. The highest BCUT2D eigenvalue weighted by molar-refractivity contribution is 6.08. The molecule has 4 aliphatic rings. The van der Waals surface area contributed by atoms with Crippen LogP contribution in [0.1, 0.15) is 24.3 Å². The first-order valence-electron chi connectivity index (χ1n) is 9.63. The Hall–Kier alpha value is -1.96. The van der Waals surface area contributed by atoms with E-state index in [1.165, 1.54) is 0 Å². The number of rotatable bonds is 3. The zero-order valence-electron chi connectivity index (χ0n) is 15.4. The zero-order valence-corrected chi connectivity index (χ0v) is 16.2. The van der Waals surface area contributed by atoms with Gasteiger partial charge in [0.2, 0.25) is 17.7 Å². The minimum absolute atomic E-state index is 0. The molecule has 4 saturated heterocycles. The molecule has 0 aromatic heterocycles. The van der Waals surface area contributed by atoms with E-state index in [2.05, 4.69) is 0 Å². The molecule has 1 aromatic rings. The van der Waals surface area contributed by atoms with Gasteiger partial charge in [0.25, 0.3) is 0 Å². The third-order valence-electron chi connectivity index (χ3n) is 6.61. The molecular weight excluding hydrogens is 382 g/mol. The molecule has 8 heteroatoms. The van der Waals surface area contributed by atoms with Gasteiger partial charge >= 0.3 is 0 Å². The van der Waals surface area contributed by atoms with Crippen LogP contribution in [0.2, 0.25) is 0 Å². The van der Waals surface area contributed by atoms with Gasteiger partial charge in [0.1, 0.15) is 6.54 Å². The average Bonchev–Trinajstić information content (AvgIpc) is 3.43. The van der Waals surface area contributed by atoms with Gasteiger partial charge in [-0.1, -0.05) is 30.3 Å². The summed E-state index contributed by atoms with van der Waals surface area (Å²) < 4.78 is 5.73. The minimum atomic E-state index is -0.387. The van der Waals surface area contributed by atoms with E-state index in [1.54, 1.807) is 4.90 Å². The smallest absolute Gasteiger partial charge is 0.242 e. The third kappa shape index (κ3) is 2.84. The normalized spacial score (nSPS) is 36.0. The molecule has 4 aliphatic heterocycles. The van der Waals surface area contributed by atoms with Crippen molar-refractivity contribution in [1.29, 1.82) is 0 Å². The summed E-state index contributed by atoms with van der Waals surface area (Å²) in [6, 6.07) is 9.76. The second-order valence-corrected chi connectivity index (χ2v) is 8.08. The fraction of sp³-hybridized carbons (Fsp3) is 0.550. The van der Waals surface area contributed by atoms with Crippen molar-refractivity contribution in [2.45, 2.75) is 37.0 Å². The summed E-state index contributed by atoms with van der Waals surface area (Å²) in [5, 5.41) is 0. The number of hydrogen-bond acceptors (Lipinski definition) is 5. The van der Waals surface area contributed by atoms with Crippen LogP contribution in [-0.4, -0.2) is 65.4 Å². The predicted octanol–water partition coefficient (Wildman–Crippen LogP) is 0.524. The topological polar surface area (TPSA) is 92.9 Å². The van der Waals surface area contributed by atoms with Gasteiger partial charge < -0.3 is 15.4 Å². The van der Waals surface area contributed by atoms with Crippen LogP contribution in [0.5, 0.6) is 0 Å². The number of likely N-dealkylation sites (tertiary alicyclic amines) is 2. The fourth-order valence-electron chi connectivity index (χ4n) is 5.25. The van der Waals surface area contributed by atoms with Gasteiger partial charge in [-0.25, -0.2) is 0 Å². The molecule has 150 valence electrons. The number of amides is 3. The summed E-state index contributed by atoms with van der Waals surface area (Å²) in [5.41, 5.74) is 7.37. The Labute approximate surface area is 169 Å². The van der Waals surface area contributed by atoms with E-state index >= 15 is 0 Å². The first-order valence-corrected chi connectivity index (χ1v) is 9.63. The Bertz CT molecular complexity index is 776. The molecule has 0 saturated carbocycles. The molecule has 4 heterocycles. The highest BCUT2D eigenvalue weighted by Crippen LogP contribution is 2.48. The van der Waals surface area contributed by atoms with E-state index in [1.807, 2.05) is 30.3 Å². The molecular formula is C20H24ClN3O4. The molecule has 0 radical (unpaired) electrons. The number of nitrogens with two attached hydrogens (primary N) is 1. The van der Waals surface area contributed by atoms with E-state index < -0.39 is 0 Å². The number of imide groups is 1. The molecule has 2 N–H and O–H groups in total. The molecule has 7 nitrogen and oxygen atoms in total. The summed E-state index contributed by atoms with van der Waals surface area (Å²) in [4.78, 5) is 41.1. The lowest BCUT2D eigenvalue weighted by atomic mass is 9.81. The Morgan fingerprint density at radius 3 is 2.25 bits per heavy atom. The van der Waals surface area contributed by atoms with E-state index in [-0.39, 0.29) is 72.7 Å². The molecule has 1 aromatic carbocycles. The maximum absolute atomic E-state index is 12.8. The number of halogens is 1. The number of fused-ring (bicyclic) bond motifs is 5. The van der Waals surface area contributed by atoms with Crippen LogP contribution in [0.3, 0.4) is 0 Å². The second-order valence-electron chi connectivity index (χ2n) is 8.08. The Morgan fingerprint density at radius 2 is 1.64 bits per heavy atom. The average molecular weight is 406 g/mol. The standard InChI is InChI=1S/C20H23N3O4.ClH/c21-13-9-22(8-12(13)11-4-2-1-3-5-11)16(24)10-23-19(25)17-14-6-7-15(27-14)18(17)20(23)26;/h1-5,12-15,17-18H,6-10,21H2;1H/t12-,13+,14?,15?,17?,18?;/m0./s1. The van der Waals surface area contributed by atoms with Gasteiger partial charge in [-0.2, -0.15) is 0 Å². The van der Waals surface area contributed by atoms with Crippen molar-refractivity contribution in [3.8, 4) is 0 Å². The predicted molar refractivity (Wildman–Crippen MR) is 103 cm³/mol. The SMILES string of the molecule is Cl.N[C@@H]1CN(C(=O)CN2C(=O)C3C4CCC(O4)C3C2=O)C[C@H]1c1ccccc1. The maximum atomic E-state index is 12.8.